The Morgan fingerprint density at radius 2 is 2.08 bits per heavy atom. The zero-order valence-corrected chi connectivity index (χ0v) is 13.7. The maximum absolute atomic E-state index is 11.6. The Morgan fingerprint density at radius 1 is 1.25 bits per heavy atom. The molecular formula is C19H23N3O2. The molecule has 0 spiro atoms. The first-order chi connectivity index (χ1) is 11.7. The molecule has 0 unspecified atom stereocenters. The summed E-state index contributed by atoms with van der Waals surface area (Å²) in [7, 11) is 0. The number of carbonyl (C=O) groups is 1. The van der Waals surface area contributed by atoms with Crippen LogP contribution in [0.5, 0.6) is 0 Å². The number of morpholine rings is 1. The maximum Gasteiger partial charge on any atom is 0.252 e. The van der Waals surface area contributed by atoms with Gasteiger partial charge in [-0.3, -0.25) is 4.79 Å². The van der Waals surface area contributed by atoms with Gasteiger partial charge in [-0.2, -0.15) is 0 Å². The molecule has 1 aromatic heterocycles. The Morgan fingerprint density at radius 3 is 2.88 bits per heavy atom. The van der Waals surface area contributed by atoms with Crippen LogP contribution in [0.2, 0.25) is 0 Å². The van der Waals surface area contributed by atoms with Crippen LogP contribution in [0.4, 0.5) is 5.82 Å². The first-order valence-electron chi connectivity index (χ1n) is 8.39. The Hall–Kier alpha value is -2.40. The van der Waals surface area contributed by atoms with E-state index in [9.17, 15) is 4.79 Å². The highest BCUT2D eigenvalue weighted by molar-refractivity contribution is 5.97. The van der Waals surface area contributed by atoms with Crippen molar-refractivity contribution < 1.29 is 9.53 Å². The van der Waals surface area contributed by atoms with Gasteiger partial charge in [0.15, 0.2) is 0 Å². The van der Waals surface area contributed by atoms with E-state index in [1.807, 2.05) is 6.07 Å². The quantitative estimate of drug-likeness (QED) is 0.885. The average Bonchev–Trinajstić information content (AvgIpc) is 2.63. The van der Waals surface area contributed by atoms with E-state index < -0.39 is 5.91 Å². The van der Waals surface area contributed by atoms with Crippen molar-refractivity contribution in [1.82, 2.24) is 4.98 Å². The fourth-order valence-corrected chi connectivity index (χ4v) is 3.11. The molecule has 0 bridgehead atoms. The number of nitrogens with zero attached hydrogens (tertiary/aromatic N) is 2. The topological polar surface area (TPSA) is 68.5 Å². The first-order valence-corrected chi connectivity index (χ1v) is 8.39. The van der Waals surface area contributed by atoms with Crippen molar-refractivity contribution in [2.45, 2.75) is 25.4 Å². The van der Waals surface area contributed by atoms with E-state index in [-0.39, 0.29) is 6.10 Å². The van der Waals surface area contributed by atoms with E-state index in [4.69, 9.17) is 10.5 Å². The zero-order chi connectivity index (χ0) is 16.8. The lowest BCUT2D eigenvalue weighted by molar-refractivity contribution is 0.0337. The summed E-state index contributed by atoms with van der Waals surface area (Å²) in [6.07, 6.45) is 4.97. The van der Waals surface area contributed by atoms with Gasteiger partial charge in [0.1, 0.15) is 5.82 Å². The fourth-order valence-electron chi connectivity index (χ4n) is 3.11. The molecule has 1 aliphatic heterocycles. The summed E-state index contributed by atoms with van der Waals surface area (Å²) in [5.41, 5.74) is 7.29. The number of anilines is 1. The summed E-state index contributed by atoms with van der Waals surface area (Å²) in [6.45, 7) is 2.11. The Labute approximate surface area is 142 Å². The SMILES string of the molecule is NC(=O)c1cccnc1N1CCO[C@@H](CCCc2ccccc2)C1. The molecular weight excluding hydrogens is 302 g/mol. The van der Waals surface area contributed by atoms with E-state index in [1.165, 1.54) is 5.56 Å². The van der Waals surface area contributed by atoms with E-state index in [2.05, 4.69) is 34.1 Å². The van der Waals surface area contributed by atoms with Gasteiger partial charge in [0.2, 0.25) is 0 Å². The van der Waals surface area contributed by atoms with Crippen LogP contribution in [0.3, 0.4) is 0 Å². The standard InChI is InChI=1S/C19H23N3O2/c20-18(23)17-10-5-11-21-19(17)22-12-13-24-16(14-22)9-4-8-15-6-2-1-3-7-15/h1-3,5-7,10-11,16H,4,8-9,12-14H2,(H2,20,23)/t16-/m0/s1. The second kappa shape index (κ2) is 7.93. The minimum absolute atomic E-state index is 0.158. The smallest absolute Gasteiger partial charge is 0.252 e. The number of rotatable bonds is 6. The molecule has 1 aliphatic rings. The van der Waals surface area contributed by atoms with Crippen molar-refractivity contribution in [2.75, 3.05) is 24.6 Å². The van der Waals surface area contributed by atoms with Crippen LogP contribution >= 0.6 is 0 Å². The summed E-state index contributed by atoms with van der Waals surface area (Å²) < 4.78 is 5.88. The fraction of sp³-hybridized carbons (Fsp3) is 0.368. The molecule has 5 heteroatoms. The molecule has 2 N–H and O–H groups in total. The van der Waals surface area contributed by atoms with E-state index >= 15 is 0 Å². The minimum Gasteiger partial charge on any atom is -0.375 e. The number of pyridine rings is 1. The molecule has 1 aromatic carbocycles. The molecule has 1 fully saturated rings. The lowest BCUT2D eigenvalue weighted by atomic mass is 10.0. The molecule has 2 heterocycles. The molecule has 0 aliphatic carbocycles. The predicted molar refractivity (Wildman–Crippen MR) is 94.1 cm³/mol. The van der Waals surface area contributed by atoms with Gasteiger partial charge in [-0.1, -0.05) is 30.3 Å². The van der Waals surface area contributed by atoms with Crippen molar-refractivity contribution >= 4 is 11.7 Å². The summed E-state index contributed by atoms with van der Waals surface area (Å²) >= 11 is 0. The number of amides is 1. The molecule has 2 aromatic rings. The molecule has 1 atom stereocenters. The van der Waals surface area contributed by atoms with Crippen molar-refractivity contribution in [2.24, 2.45) is 5.73 Å². The number of benzene rings is 1. The maximum atomic E-state index is 11.6. The second-order valence-corrected chi connectivity index (χ2v) is 6.06. The van der Waals surface area contributed by atoms with Gasteiger partial charge >= 0.3 is 0 Å². The third-order valence-electron chi connectivity index (χ3n) is 4.32. The molecule has 5 nitrogen and oxygen atoms in total. The third-order valence-corrected chi connectivity index (χ3v) is 4.32. The highest BCUT2D eigenvalue weighted by atomic mass is 16.5. The highest BCUT2D eigenvalue weighted by Gasteiger charge is 2.24. The van der Waals surface area contributed by atoms with Crippen molar-refractivity contribution in [3.8, 4) is 0 Å². The van der Waals surface area contributed by atoms with E-state index in [0.29, 0.717) is 18.0 Å². The summed E-state index contributed by atoms with van der Waals surface area (Å²) in [5, 5.41) is 0. The number of carbonyl (C=O) groups excluding carboxylic acids is 1. The predicted octanol–water partition coefficient (Wildman–Crippen LogP) is 2.41. The van der Waals surface area contributed by atoms with Gasteiger partial charge in [-0.25, -0.2) is 4.98 Å². The second-order valence-electron chi connectivity index (χ2n) is 6.06. The van der Waals surface area contributed by atoms with Crippen molar-refractivity contribution in [3.63, 3.8) is 0 Å². The first kappa shape index (κ1) is 16.5. The normalized spacial score (nSPS) is 17.7. The van der Waals surface area contributed by atoms with Crippen LogP contribution in [0.15, 0.2) is 48.7 Å². The van der Waals surface area contributed by atoms with Crippen LogP contribution in [0, 0.1) is 0 Å². The van der Waals surface area contributed by atoms with E-state index in [0.717, 1.165) is 32.4 Å². The number of aromatic nitrogens is 1. The van der Waals surface area contributed by atoms with Gasteiger partial charge in [-0.05, 0) is 37.0 Å². The lowest BCUT2D eigenvalue weighted by Crippen LogP contribution is -2.43. The number of hydrogen-bond donors (Lipinski definition) is 1. The van der Waals surface area contributed by atoms with Crippen LogP contribution in [0.1, 0.15) is 28.8 Å². The Balaban J connectivity index is 1.58. The van der Waals surface area contributed by atoms with Crippen LogP contribution in [0.25, 0.3) is 0 Å². The van der Waals surface area contributed by atoms with Gasteiger partial charge < -0.3 is 15.4 Å². The number of primary amides is 1. The van der Waals surface area contributed by atoms with E-state index in [1.54, 1.807) is 18.3 Å². The molecule has 24 heavy (non-hydrogen) atoms. The Bertz CT molecular complexity index is 675. The van der Waals surface area contributed by atoms with Crippen LogP contribution < -0.4 is 10.6 Å². The van der Waals surface area contributed by atoms with Crippen LogP contribution in [-0.2, 0) is 11.2 Å². The molecule has 0 saturated carbocycles. The third kappa shape index (κ3) is 4.11. The minimum atomic E-state index is -0.440. The number of nitrogens with two attached hydrogens (primary N) is 1. The molecule has 0 radical (unpaired) electrons. The summed E-state index contributed by atoms with van der Waals surface area (Å²) in [6, 6.07) is 13.9. The molecule has 3 rings (SSSR count). The van der Waals surface area contributed by atoms with Gasteiger partial charge in [0.25, 0.3) is 5.91 Å². The zero-order valence-electron chi connectivity index (χ0n) is 13.7. The number of hydrogen-bond acceptors (Lipinski definition) is 4. The Kier molecular flexibility index (Phi) is 5.43. The van der Waals surface area contributed by atoms with Gasteiger partial charge in [0, 0.05) is 19.3 Å². The van der Waals surface area contributed by atoms with Gasteiger partial charge in [-0.15, -0.1) is 0 Å². The van der Waals surface area contributed by atoms with Gasteiger partial charge in [0.05, 0.1) is 18.3 Å². The number of ether oxygens (including phenoxy) is 1. The van der Waals surface area contributed by atoms with Crippen molar-refractivity contribution in [1.29, 1.82) is 0 Å². The molecule has 1 saturated heterocycles. The largest absolute Gasteiger partial charge is 0.375 e. The molecule has 126 valence electrons. The average molecular weight is 325 g/mol. The highest BCUT2D eigenvalue weighted by Crippen LogP contribution is 2.21. The molecule has 1 amide bonds. The summed E-state index contributed by atoms with van der Waals surface area (Å²) in [5.74, 6) is 0.228. The van der Waals surface area contributed by atoms with Crippen molar-refractivity contribution in [3.05, 3.63) is 59.8 Å². The monoisotopic (exact) mass is 325 g/mol. The van der Waals surface area contributed by atoms with Crippen LogP contribution in [-0.4, -0.2) is 36.7 Å². The summed E-state index contributed by atoms with van der Waals surface area (Å²) in [4.78, 5) is 18.1. The lowest BCUT2D eigenvalue weighted by Gasteiger charge is -2.34. The number of aryl methyl sites for hydroxylation is 1.